The number of furan rings is 1. The highest BCUT2D eigenvalue weighted by atomic mass is 35.5. The average Bonchev–Trinajstić information content (AvgIpc) is 2.70. The van der Waals surface area contributed by atoms with Crippen LogP contribution in [0.5, 0.6) is 0 Å². The van der Waals surface area contributed by atoms with Gasteiger partial charge in [-0.15, -0.1) is 0 Å². The molecule has 16 heavy (non-hydrogen) atoms. The van der Waals surface area contributed by atoms with Crippen LogP contribution in [0.2, 0.25) is 0 Å². The summed E-state index contributed by atoms with van der Waals surface area (Å²) in [7, 11) is 0. The Balaban J connectivity index is 2.84. The van der Waals surface area contributed by atoms with Crippen LogP contribution in [0.3, 0.4) is 0 Å². The third-order valence-electron chi connectivity index (χ3n) is 1.36. The molecule has 0 bridgehead atoms. The van der Waals surface area contributed by atoms with E-state index in [1.54, 1.807) is 0 Å². The number of nitrogens with zero attached hydrogens (tertiary/aromatic N) is 1. The Morgan fingerprint density at radius 2 is 2.19 bits per heavy atom. The lowest BCUT2D eigenvalue weighted by molar-refractivity contribution is -0.141. The molecule has 1 heterocycles. The van der Waals surface area contributed by atoms with Crippen LogP contribution in [0.15, 0.2) is 28.0 Å². The van der Waals surface area contributed by atoms with E-state index in [1.165, 1.54) is 18.4 Å². The number of alkyl halides is 2. The Hall–Kier alpha value is -1.53. The van der Waals surface area contributed by atoms with Crippen LogP contribution in [0, 0.1) is 0 Å². The molecule has 1 aromatic rings. The predicted molar refractivity (Wildman–Crippen MR) is 54.5 cm³/mol. The normalized spacial score (nSPS) is 11.6. The minimum Gasteiger partial charge on any atom is -0.476 e. The van der Waals surface area contributed by atoms with E-state index in [9.17, 15) is 9.59 Å². The summed E-state index contributed by atoms with van der Waals surface area (Å²) in [6.45, 7) is 0. The van der Waals surface area contributed by atoms with Crippen molar-refractivity contribution < 1.29 is 24.0 Å². The highest BCUT2D eigenvalue weighted by Crippen LogP contribution is 2.07. The number of aliphatic carboxylic acids is 1. The molecular weight excluding hydrogens is 261 g/mol. The molecule has 0 aliphatic heterocycles. The predicted octanol–water partition coefficient (Wildman–Crippen LogP) is 1.42. The van der Waals surface area contributed by atoms with Crippen molar-refractivity contribution in [2.45, 2.75) is 4.84 Å². The topological polar surface area (TPSA) is 89.1 Å². The maximum absolute atomic E-state index is 10.8. The summed E-state index contributed by atoms with van der Waals surface area (Å²) in [5.74, 6) is -2.54. The lowest BCUT2D eigenvalue weighted by atomic mass is 10.3. The van der Waals surface area contributed by atoms with Crippen molar-refractivity contribution in [2.24, 2.45) is 5.16 Å². The monoisotopic (exact) mass is 265 g/mol. The van der Waals surface area contributed by atoms with E-state index >= 15 is 0 Å². The lowest BCUT2D eigenvalue weighted by Gasteiger charge is -1.99. The number of oxime groups is 1. The van der Waals surface area contributed by atoms with E-state index in [0.29, 0.717) is 0 Å². The fourth-order valence-corrected chi connectivity index (χ4v) is 0.813. The number of carbonyl (C=O) groups is 2. The van der Waals surface area contributed by atoms with Crippen molar-refractivity contribution in [3.8, 4) is 0 Å². The summed E-state index contributed by atoms with van der Waals surface area (Å²) >= 11 is 10.3. The number of carbonyl (C=O) groups excluding carboxylic acids is 1. The first-order valence-electron chi connectivity index (χ1n) is 3.86. The number of hydrogen-bond donors (Lipinski definition) is 1. The molecular formula is C8H5Cl2NO5. The van der Waals surface area contributed by atoms with E-state index in [-0.39, 0.29) is 5.76 Å². The van der Waals surface area contributed by atoms with Gasteiger partial charge in [-0.3, -0.25) is 0 Å². The molecule has 0 amide bonds. The van der Waals surface area contributed by atoms with Crippen LogP contribution in [0.4, 0.5) is 0 Å². The molecule has 1 aromatic heterocycles. The van der Waals surface area contributed by atoms with Crippen molar-refractivity contribution in [3.63, 3.8) is 0 Å². The van der Waals surface area contributed by atoms with E-state index in [2.05, 4.69) is 9.99 Å². The minimum absolute atomic E-state index is 0.0546. The minimum atomic E-state index is -1.43. The molecule has 1 rings (SSSR count). The maximum atomic E-state index is 10.8. The number of halogens is 2. The fraction of sp³-hybridized carbons (Fsp3) is 0.125. The number of hydrogen-bond acceptors (Lipinski definition) is 5. The Bertz CT molecular complexity index is 412. The molecule has 0 saturated carbocycles. The standard InChI is InChI=1S/C8H5Cl2NO5/c9-6(10)8(14)16-11-5(7(12)13)4-2-1-3-15-4/h1-3,6H,(H,12,13). The molecule has 0 saturated heterocycles. The second-order valence-corrected chi connectivity index (χ2v) is 3.53. The molecule has 0 spiro atoms. The van der Waals surface area contributed by atoms with Gasteiger partial charge in [0.15, 0.2) is 5.76 Å². The first kappa shape index (κ1) is 12.5. The quantitative estimate of drug-likeness (QED) is 0.385. The van der Waals surface area contributed by atoms with Gasteiger partial charge in [-0.25, -0.2) is 9.59 Å². The summed E-state index contributed by atoms with van der Waals surface area (Å²) in [4.78, 5) is 24.3. The van der Waals surface area contributed by atoms with Crippen LogP contribution in [0.25, 0.3) is 0 Å². The summed E-state index contributed by atoms with van der Waals surface area (Å²) in [6, 6.07) is 2.81. The Morgan fingerprint density at radius 3 is 2.62 bits per heavy atom. The zero-order valence-corrected chi connectivity index (χ0v) is 9.10. The molecule has 0 atom stereocenters. The van der Waals surface area contributed by atoms with Gasteiger partial charge in [0.25, 0.3) is 0 Å². The van der Waals surface area contributed by atoms with Crippen molar-refractivity contribution in [1.82, 2.24) is 0 Å². The second kappa shape index (κ2) is 5.53. The van der Waals surface area contributed by atoms with E-state index < -0.39 is 22.5 Å². The van der Waals surface area contributed by atoms with Gasteiger partial charge in [0.1, 0.15) is 0 Å². The Kier molecular flexibility index (Phi) is 4.33. The zero-order valence-electron chi connectivity index (χ0n) is 7.59. The van der Waals surface area contributed by atoms with E-state index in [0.717, 1.165) is 0 Å². The molecule has 6 nitrogen and oxygen atoms in total. The molecule has 0 fully saturated rings. The Morgan fingerprint density at radius 1 is 1.50 bits per heavy atom. The fourth-order valence-electron chi connectivity index (χ4n) is 0.733. The lowest BCUT2D eigenvalue weighted by Crippen LogP contribution is -2.17. The van der Waals surface area contributed by atoms with Crippen molar-refractivity contribution in [1.29, 1.82) is 0 Å². The van der Waals surface area contributed by atoms with Crippen LogP contribution in [-0.2, 0) is 14.4 Å². The Labute approximate surface area is 99.4 Å². The maximum Gasteiger partial charge on any atom is 0.367 e. The van der Waals surface area contributed by atoms with Crippen LogP contribution in [0.1, 0.15) is 5.76 Å². The van der Waals surface area contributed by atoms with Crippen LogP contribution in [-0.4, -0.2) is 27.6 Å². The average molecular weight is 266 g/mol. The molecule has 0 unspecified atom stereocenters. The van der Waals surface area contributed by atoms with Crippen molar-refractivity contribution >= 4 is 40.9 Å². The summed E-state index contributed by atoms with van der Waals surface area (Å²) in [5.41, 5.74) is -0.563. The number of carboxylic acids is 1. The van der Waals surface area contributed by atoms with Gasteiger partial charge < -0.3 is 14.4 Å². The largest absolute Gasteiger partial charge is 0.476 e. The van der Waals surface area contributed by atoms with E-state index in [1.807, 2.05) is 0 Å². The number of carboxylic acid groups (broad SMARTS) is 1. The van der Waals surface area contributed by atoms with Gasteiger partial charge in [0.05, 0.1) is 6.26 Å². The highest BCUT2D eigenvalue weighted by Gasteiger charge is 2.19. The molecule has 86 valence electrons. The number of rotatable bonds is 4. The SMILES string of the molecule is O=C(O)C(=NOC(=O)C(Cl)Cl)c1ccco1. The molecule has 8 heteroatoms. The zero-order chi connectivity index (χ0) is 12.1. The van der Waals surface area contributed by atoms with Crippen molar-refractivity contribution in [2.75, 3.05) is 0 Å². The summed E-state index contributed by atoms with van der Waals surface area (Å²) in [6.07, 6.45) is 1.25. The third-order valence-corrected chi connectivity index (χ3v) is 1.72. The van der Waals surface area contributed by atoms with Gasteiger partial charge >= 0.3 is 11.9 Å². The second-order valence-electron chi connectivity index (χ2n) is 2.43. The van der Waals surface area contributed by atoms with Gasteiger partial charge in [0, 0.05) is 0 Å². The molecule has 0 radical (unpaired) electrons. The summed E-state index contributed by atoms with van der Waals surface area (Å²) in [5, 5.41) is 11.8. The van der Waals surface area contributed by atoms with Gasteiger partial charge in [0.2, 0.25) is 10.5 Å². The summed E-state index contributed by atoms with van der Waals surface area (Å²) < 4.78 is 4.78. The molecule has 0 aliphatic rings. The van der Waals surface area contributed by atoms with Crippen molar-refractivity contribution in [3.05, 3.63) is 24.2 Å². The van der Waals surface area contributed by atoms with E-state index in [4.69, 9.17) is 32.7 Å². The van der Waals surface area contributed by atoms with Crippen LogP contribution >= 0.6 is 23.2 Å². The van der Waals surface area contributed by atoms with Crippen LogP contribution < -0.4 is 0 Å². The first-order chi connectivity index (χ1) is 7.52. The molecule has 0 aliphatic carbocycles. The molecule has 1 N–H and O–H groups in total. The smallest absolute Gasteiger partial charge is 0.367 e. The molecule has 0 aromatic carbocycles. The first-order valence-corrected chi connectivity index (χ1v) is 4.74. The van der Waals surface area contributed by atoms with Gasteiger partial charge in [-0.05, 0) is 12.1 Å². The highest BCUT2D eigenvalue weighted by molar-refractivity contribution is 6.53. The third kappa shape index (κ3) is 3.25. The van der Waals surface area contributed by atoms with Gasteiger partial charge in [-0.2, -0.15) is 0 Å². The van der Waals surface area contributed by atoms with Gasteiger partial charge in [-0.1, -0.05) is 28.4 Å².